The maximum Gasteiger partial charge on any atom is 0.241 e. The Morgan fingerprint density at radius 3 is 2.38 bits per heavy atom. The lowest BCUT2D eigenvalue weighted by Gasteiger charge is -2.27. The number of para-hydroxylation sites is 1. The molecule has 0 saturated heterocycles. The Kier molecular flexibility index (Phi) is 6.76. The zero-order valence-corrected chi connectivity index (χ0v) is 15.9. The molecule has 0 saturated carbocycles. The van der Waals surface area contributed by atoms with Crippen molar-refractivity contribution >= 4 is 17.3 Å². The van der Waals surface area contributed by atoms with Crippen LogP contribution in [0.2, 0.25) is 0 Å². The number of carbonyl (C=O) groups excluding carboxylic acids is 1. The number of rotatable bonds is 7. The largest absolute Gasteiger partial charge is 0.378 e. The summed E-state index contributed by atoms with van der Waals surface area (Å²) in [6.07, 6.45) is 0. The lowest BCUT2D eigenvalue weighted by atomic mass is 10.1. The van der Waals surface area contributed by atoms with E-state index in [1.54, 1.807) is 18.2 Å². The number of hydrogen-bond donors (Lipinski definition) is 1. The van der Waals surface area contributed by atoms with Crippen LogP contribution in [0.3, 0.4) is 0 Å². The molecule has 1 atom stereocenters. The summed E-state index contributed by atoms with van der Waals surface area (Å²) in [5.74, 6) is -0.112. The van der Waals surface area contributed by atoms with Crippen molar-refractivity contribution in [1.82, 2.24) is 4.90 Å². The van der Waals surface area contributed by atoms with E-state index in [0.717, 1.165) is 17.8 Å². The quantitative estimate of drug-likeness (QED) is 0.831. The minimum atomic E-state index is -0.305. The molecule has 0 aliphatic heterocycles. The molecular weight excluding hydrogens is 324 g/mol. The van der Waals surface area contributed by atoms with Gasteiger partial charge in [-0.2, -0.15) is 5.26 Å². The molecule has 1 amide bonds. The summed E-state index contributed by atoms with van der Waals surface area (Å²) in [5.41, 5.74) is 3.33. The monoisotopic (exact) mass is 350 g/mol. The van der Waals surface area contributed by atoms with Crippen molar-refractivity contribution < 1.29 is 4.79 Å². The van der Waals surface area contributed by atoms with E-state index < -0.39 is 0 Å². The number of benzene rings is 2. The van der Waals surface area contributed by atoms with Crippen molar-refractivity contribution in [2.24, 2.45) is 0 Å². The van der Waals surface area contributed by atoms with Crippen LogP contribution < -0.4 is 10.2 Å². The average molecular weight is 350 g/mol. The van der Waals surface area contributed by atoms with Crippen LogP contribution in [-0.4, -0.2) is 37.5 Å². The zero-order valence-electron chi connectivity index (χ0n) is 15.9. The number of anilines is 2. The van der Waals surface area contributed by atoms with Crippen molar-refractivity contribution in [1.29, 1.82) is 5.26 Å². The number of likely N-dealkylation sites (N-methyl/N-ethyl adjacent to an activating group) is 1. The summed E-state index contributed by atoms with van der Waals surface area (Å²) in [4.78, 5) is 16.8. The van der Waals surface area contributed by atoms with Crippen LogP contribution in [0.25, 0.3) is 0 Å². The maximum absolute atomic E-state index is 12.6. The highest BCUT2D eigenvalue weighted by Crippen LogP contribution is 2.17. The Labute approximate surface area is 155 Å². The molecule has 0 fully saturated rings. The van der Waals surface area contributed by atoms with E-state index in [1.807, 2.05) is 34.0 Å². The van der Waals surface area contributed by atoms with Gasteiger partial charge in [0.15, 0.2) is 0 Å². The van der Waals surface area contributed by atoms with Gasteiger partial charge in [-0.15, -0.1) is 0 Å². The fourth-order valence-electron chi connectivity index (χ4n) is 2.75. The van der Waals surface area contributed by atoms with Crippen molar-refractivity contribution in [3.8, 4) is 6.07 Å². The molecule has 5 nitrogen and oxygen atoms in total. The number of nitrogens with one attached hydrogen (secondary N) is 1. The minimum absolute atomic E-state index is 0.112. The first-order chi connectivity index (χ1) is 12.5. The Hall–Kier alpha value is -2.84. The molecule has 26 heavy (non-hydrogen) atoms. The Bertz CT molecular complexity index is 777. The molecule has 0 spiro atoms. The highest BCUT2D eigenvalue weighted by molar-refractivity contribution is 5.95. The lowest BCUT2D eigenvalue weighted by molar-refractivity contribution is -0.120. The Morgan fingerprint density at radius 1 is 1.15 bits per heavy atom. The normalized spacial score (nSPS) is 11.7. The summed E-state index contributed by atoms with van der Waals surface area (Å²) in [7, 11) is 4.03. The fraction of sp³-hybridized carbons (Fsp3) is 0.333. The van der Waals surface area contributed by atoms with Crippen LogP contribution >= 0.6 is 0 Å². The molecule has 2 aromatic rings. The third-order valence-electron chi connectivity index (χ3n) is 4.48. The van der Waals surface area contributed by atoms with Gasteiger partial charge in [-0.3, -0.25) is 9.69 Å². The van der Waals surface area contributed by atoms with Gasteiger partial charge in [0.2, 0.25) is 5.91 Å². The van der Waals surface area contributed by atoms with Gasteiger partial charge in [-0.1, -0.05) is 31.2 Å². The van der Waals surface area contributed by atoms with Crippen molar-refractivity contribution in [3.05, 3.63) is 59.7 Å². The Balaban J connectivity index is 2.06. The molecule has 0 aliphatic rings. The van der Waals surface area contributed by atoms with Crippen LogP contribution in [-0.2, 0) is 11.3 Å². The molecule has 2 rings (SSSR count). The number of nitriles is 1. The van der Waals surface area contributed by atoms with Crippen LogP contribution in [0, 0.1) is 11.3 Å². The first-order valence-corrected chi connectivity index (χ1v) is 8.76. The van der Waals surface area contributed by atoms with E-state index in [9.17, 15) is 4.79 Å². The van der Waals surface area contributed by atoms with Gasteiger partial charge in [-0.05, 0) is 43.3 Å². The van der Waals surface area contributed by atoms with E-state index in [0.29, 0.717) is 17.8 Å². The van der Waals surface area contributed by atoms with Gasteiger partial charge in [0, 0.05) is 26.3 Å². The third kappa shape index (κ3) is 4.84. The predicted molar refractivity (Wildman–Crippen MR) is 106 cm³/mol. The van der Waals surface area contributed by atoms with E-state index in [-0.39, 0.29) is 11.9 Å². The standard InChI is InChI=1S/C21H26N4O/c1-5-25(15-17-10-12-19(13-11-17)24(3)4)16(2)21(26)23-20-9-7-6-8-18(20)14-22/h6-13,16H,5,15H2,1-4H3,(H,23,26)/t16-/m1/s1. The molecule has 0 unspecified atom stereocenters. The van der Waals surface area contributed by atoms with Gasteiger partial charge in [0.1, 0.15) is 6.07 Å². The molecule has 0 heterocycles. The molecule has 2 aromatic carbocycles. The lowest BCUT2D eigenvalue weighted by Crippen LogP contribution is -2.41. The molecular formula is C21H26N4O. The SMILES string of the molecule is CCN(Cc1ccc(N(C)C)cc1)[C@H](C)C(=O)Nc1ccccc1C#N. The molecule has 0 bridgehead atoms. The van der Waals surface area contributed by atoms with Crippen LogP contribution in [0.5, 0.6) is 0 Å². The van der Waals surface area contributed by atoms with Gasteiger partial charge < -0.3 is 10.2 Å². The van der Waals surface area contributed by atoms with Crippen LogP contribution in [0.1, 0.15) is 25.0 Å². The van der Waals surface area contributed by atoms with Gasteiger partial charge in [0.25, 0.3) is 0 Å². The second kappa shape index (κ2) is 9.02. The second-order valence-corrected chi connectivity index (χ2v) is 6.45. The topological polar surface area (TPSA) is 59.4 Å². The van der Waals surface area contributed by atoms with Gasteiger partial charge >= 0.3 is 0 Å². The third-order valence-corrected chi connectivity index (χ3v) is 4.48. The summed E-state index contributed by atoms with van der Waals surface area (Å²) in [5, 5.41) is 12.0. The highest BCUT2D eigenvalue weighted by atomic mass is 16.2. The van der Waals surface area contributed by atoms with E-state index in [2.05, 4.69) is 45.5 Å². The first kappa shape index (κ1) is 19.5. The number of carbonyl (C=O) groups is 1. The number of nitrogens with zero attached hydrogens (tertiary/aromatic N) is 3. The molecule has 136 valence electrons. The fourth-order valence-corrected chi connectivity index (χ4v) is 2.75. The molecule has 0 radical (unpaired) electrons. The van der Waals surface area contributed by atoms with Crippen molar-refractivity contribution in [3.63, 3.8) is 0 Å². The Morgan fingerprint density at radius 2 is 1.81 bits per heavy atom. The molecule has 1 N–H and O–H groups in total. The number of amides is 1. The average Bonchev–Trinajstić information content (AvgIpc) is 2.66. The molecule has 0 aromatic heterocycles. The van der Waals surface area contributed by atoms with Crippen molar-refractivity contribution in [2.75, 3.05) is 30.9 Å². The van der Waals surface area contributed by atoms with Gasteiger partial charge in [-0.25, -0.2) is 0 Å². The summed E-state index contributed by atoms with van der Waals surface area (Å²) in [6, 6.07) is 17.2. The highest BCUT2D eigenvalue weighted by Gasteiger charge is 2.21. The smallest absolute Gasteiger partial charge is 0.241 e. The van der Waals surface area contributed by atoms with E-state index in [1.165, 1.54) is 0 Å². The second-order valence-electron chi connectivity index (χ2n) is 6.45. The summed E-state index contributed by atoms with van der Waals surface area (Å²) >= 11 is 0. The van der Waals surface area contributed by atoms with E-state index in [4.69, 9.17) is 5.26 Å². The minimum Gasteiger partial charge on any atom is -0.378 e. The van der Waals surface area contributed by atoms with Crippen molar-refractivity contribution in [2.45, 2.75) is 26.4 Å². The first-order valence-electron chi connectivity index (χ1n) is 8.76. The van der Waals surface area contributed by atoms with Gasteiger partial charge in [0.05, 0.1) is 17.3 Å². The van der Waals surface area contributed by atoms with Crippen LogP contribution in [0.4, 0.5) is 11.4 Å². The summed E-state index contributed by atoms with van der Waals surface area (Å²) in [6.45, 7) is 5.38. The zero-order chi connectivity index (χ0) is 19.1. The van der Waals surface area contributed by atoms with E-state index >= 15 is 0 Å². The van der Waals surface area contributed by atoms with Crippen LogP contribution in [0.15, 0.2) is 48.5 Å². The summed E-state index contributed by atoms with van der Waals surface area (Å²) < 4.78 is 0. The number of hydrogen-bond acceptors (Lipinski definition) is 4. The molecule has 5 heteroatoms. The molecule has 0 aliphatic carbocycles. The maximum atomic E-state index is 12.6. The predicted octanol–water partition coefficient (Wildman–Crippen LogP) is 3.47.